The van der Waals surface area contributed by atoms with Gasteiger partial charge in [-0.2, -0.15) is 0 Å². The van der Waals surface area contributed by atoms with E-state index in [1.54, 1.807) is 6.92 Å². The Hall–Kier alpha value is -2.43. The first-order valence-electron chi connectivity index (χ1n) is 6.14. The second-order valence-corrected chi connectivity index (χ2v) is 4.38. The summed E-state index contributed by atoms with van der Waals surface area (Å²) in [6.45, 7) is 3.74. The molecule has 0 aliphatic carbocycles. The summed E-state index contributed by atoms with van der Waals surface area (Å²) in [7, 11) is 0. The van der Waals surface area contributed by atoms with Crippen molar-refractivity contribution in [3.8, 4) is 5.75 Å². The molecular weight excluding hydrogens is 259 g/mol. The van der Waals surface area contributed by atoms with Crippen molar-refractivity contribution in [1.82, 2.24) is 4.98 Å². The minimum Gasteiger partial charge on any atom is -0.487 e. The van der Waals surface area contributed by atoms with Gasteiger partial charge in [0.25, 0.3) is 0 Å². The molecule has 1 heterocycles. The highest BCUT2D eigenvalue weighted by Crippen LogP contribution is 2.21. The van der Waals surface area contributed by atoms with Crippen LogP contribution in [0.1, 0.15) is 23.9 Å². The predicted octanol–water partition coefficient (Wildman–Crippen LogP) is 3.31. The minimum atomic E-state index is -0.413. The Morgan fingerprint density at radius 3 is 2.85 bits per heavy atom. The van der Waals surface area contributed by atoms with E-state index < -0.39 is 5.82 Å². The van der Waals surface area contributed by atoms with Gasteiger partial charge in [0.05, 0.1) is 11.4 Å². The number of benzene rings is 1. The number of ether oxygens (including phenoxy) is 1. The van der Waals surface area contributed by atoms with Crippen molar-refractivity contribution in [2.75, 3.05) is 0 Å². The quantitative estimate of drug-likeness (QED) is 0.528. The molecule has 0 radical (unpaired) electrons. The smallest absolute Gasteiger partial charge is 0.130 e. The lowest BCUT2D eigenvalue weighted by Crippen LogP contribution is -2.04. The molecule has 104 valence electrons. The van der Waals surface area contributed by atoms with Crippen molar-refractivity contribution in [3.05, 3.63) is 59.2 Å². The maximum atomic E-state index is 13.3. The van der Waals surface area contributed by atoms with Crippen LogP contribution in [0.2, 0.25) is 0 Å². The Kier molecular flexibility index (Phi) is 4.30. The van der Waals surface area contributed by atoms with Crippen molar-refractivity contribution < 1.29 is 14.3 Å². The zero-order chi connectivity index (χ0) is 14.5. The molecule has 5 heteroatoms. The van der Waals surface area contributed by atoms with Crippen molar-refractivity contribution in [2.24, 2.45) is 5.16 Å². The Bertz CT molecular complexity index is 642. The number of aryl methyl sites for hydroxylation is 1. The lowest BCUT2D eigenvalue weighted by atomic mass is 10.1. The molecule has 0 aliphatic rings. The molecule has 0 aliphatic heterocycles. The fraction of sp³-hybridized carbons (Fsp3) is 0.200. The highest BCUT2D eigenvalue weighted by molar-refractivity contribution is 6.00. The van der Waals surface area contributed by atoms with Crippen LogP contribution >= 0.6 is 0 Å². The molecule has 0 fully saturated rings. The number of aromatic nitrogens is 1. The summed E-state index contributed by atoms with van der Waals surface area (Å²) in [4.78, 5) is 4.32. The van der Waals surface area contributed by atoms with E-state index in [9.17, 15) is 4.39 Å². The Balaban J connectivity index is 2.21. The summed E-state index contributed by atoms with van der Waals surface area (Å²) in [5, 5.41) is 11.9. The molecule has 0 unspecified atom stereocenters. The van der Waals surface area contributed by atoms with Crippen LogP contribution < -0.4 is 4.74 Å². The molecule has 1 N–H and O–H groups in total. The zero-order valence-corrected chi connectivity index (χ0v) is 11.3. The number of nitrogens with zero attached hydrogens (tertiary/aromatic N) is 2. The molecule has 0 bridgehead atoms. The van der Waals surface area contributed by atoms with Gasteiger partial charge in [-0.1, -0.05) is 11.2 Å². The molecule has 0 atom stereocenters. The first-order valence-corrected chi connectivity index (χ1v) is 6.14. The van der Waals surface area contributed by atoms with E-state index in [1.165, 1.54) is 18.2 Å². The first-order chi connectivity index (χ1) is 9.60. The van der Waals surface area contributed by atoms with Gasteiger partial charge in [-0.15, -0.1) is 0 Å². The lowest BCUT2D eigenvalue weighted by molar-refractivity contribution is 0.298. The van der Waals surface area contributed by atoms with E-state index in [4.69, 9.17) is 9.94 Å². The number of hydrogen-bond acceptors (Lipinski definition) is 4. The van der Waals surface area contributed by atoms with Gasteiger partial charge in [0.15, 0.2) is 0 Å². The van der Waals surface area contributed by atoms with E-state index in [1.807, 2.05) is 25.1 Å². The summed E-state index contributed by atoms with van der Waals surface area (Å²) in [5.74, 6) is 0.0361. The van der Waals surface area contributed by atoms with Gasteiger partial charge < -0.3 is 9.94 Å². The van der Waals surface area contributed by atoms with Gasteiger partial charge in [0.1, 0.15) is 18.2 Å². The number of hydrogen-bond donors (Lipinski definition) is 1. The van der Waals surface area contributed by atoms with Crippen LogP contribution in [-0.4, -0.2) is 15.9 Å². The molecule has 0 spiro atoms. The van der Waals surface area contributed by atoms with Crippen molar-refractivity contribution in [1.29, 1.82) is 0 Å². The molecule has 2 rings (SSSR count). The van der Waals surface area contributed by atoms with Crippen LogP contribution in [0.3, 0.4) is 0 Å². The average Bonchev–Trinajstić information content (AvgIpc) is 2.45. The molecule has 1 aromatic carbocycles. The fourth-order valence-electron chi connectivity index (χ4n) is 1.80. The van der Waals surface area contributed by atoms with Crippen molar-refractivity contribution >= 4 is 5.71 Å². The third-order valence-corrected chi connectivity index (χ3v) is 2.80. The standard InChI is InChI=1S/C15H15FN2O2/c1-10-4-3-5-13(17-10)9-20-15-7-6-12(16)8-14(15)11(2)18-19/h3-8,19H,9H2,1-2H3/b18-11-. The molecule has 1 aromatic heterocycles. The van der Waals surface area contributed by atoms with Crippen LogP contribution in [0, 0.1) is 12.7 Å². The Morgan fingerprint density at radius 2 is 2.15 bits per heavy atom. The monoisotopic (exact) mass is 274 g/mol. The highest BCUT2D eigenvalue weighted by atomic mass is 19.1. The topological polar surface area (TPSA) is 54.7 Å². The van der Waals surface area contributed by atoms with Crippen LogP contribution in [0.25, 0.3) is 0 Å². The SMILES string of the molecule is C/C(=N/O)c1cc(F)ccc1OCc1cccc(C)n1. The lowest BCUT2D eigenvalue weighted by Gasteiger charge is -2.11. The summed E-state index contributed by atoms with van der Waals surface area (Å²) >= 11 is 0. The molecule has 0 saturated carbocycles. The van der Waals surface area contributed by atoms with E-state index in [0.29, 0.717) is 11.3 Å². The van der Waals surface area contributed by atoms with Crippen LogP contribution in [0.5, 0.6) is 5.75 Å². The predicted molar refractivity (Wildman–Crippen MR) is 73.7 cm³/mol. The molecule has 20 heavy (non-hydrogen) atoms. The zero-order valence-electron chi connectivity index (χ0n) is 11.3. The van der Waals surface area contributed by atoms with Gasteiger partial charge in [-0.3, -0.25) is 4.98 Å². The van der Waals surface area contributed by atoms with E-state index in [0.717, 1.165) is 11.4 Å². The first kappa shape index (κ1) is 14.0. The highest BCUT2D eigenvalue weighted by Gasteiger charge is 2.09. The fourth-order valence-corrected chi connectivity index (χ4v) is 1.80. The maximum Gasteiger partial charge on any atom is 0.130 e. The summed E-state index contributed by atoms with van der Waals surface area (Å²) in [6.07, 6.45) is 0. The number of pyridine rings is 1. The number of halogens is 1. The van der Waals surface area contributed by atoms with Crippen molar-refractivity contribution in [3.63, 3.8) is 0 Å². The Morgan fingerprint density at radius 1 is 1.35 bits per heavy atom. The van der Waals surface area contributed by atoms with E-state index in [-0.39, 0.29) is 12.3 Å². The third-order valence-electron chi connectivity index (χ3n) is 2.80. The molecule has 4 nitrogen and oxygen atoms in total. The Labute approximate surface area is 116 Å². The molecule has 0 saturated heterocycles. The number of rotatable bonds is 4. The maximum absolute atomic E-state index is 13.3. The van der Waals surface area contributed by atoms with Gasteiger partial charge in [0.2, 0.25) is 0 Å². The minimum absolute atomic E-state index is 0.263. The average molecular weight is 274 g/mol. The third kappa shape index (κ3) is 3.32. The van der Waals surface area contributed by atoms with E-state index >= 15 is 0 Å². The molecular formula is C15H15FN2O2. The normalized spacial score (nSPS) is 11.4. The number of oxime groups is 1. The van der Waals surface area contributed by atoms with Crippen molar-refractivity contribution in [2.45, 2.75) is 20.5 Å². The van der Waals surface area contributed by atoms with Crippen LogP contribution in [-0.2, 0) is 6.61 Å². The van der Waals surface area contributed by atoms with Crippen LogP contribution in [0.15, 0.2) is 41.6 Å². The largest absolute Gasteiger partial charge is 0.487 e. The van der Waals surface area contributed by atoms with Gasteiger partial charge in [0, 0.05) is 11.3 Å². The van der Waals surface area contributed by atoms with Gasteiger partial charge >= 0.3 is 0 Å². The second-order valence-electron chi connectivity index (χ2n) is 4.38. The summed E-state index contributed by atoms with van der Waals surface area (Å²) in [6, 6.07) is 9.72. The van der Waals surface area contributed by atoms with Crippen LogP contribution in [0.4, 0.5) is 4.39 Å². The summed E-state index contributed by atoms with van der Waals surface area (Å²) in [5.41, 5.74) is 2.38. The summed E-state index contributed by atoms with van der Waals surface area (Å²) < 4.78 is 18.9. The van der Waals surface area contributed by atoms with Gasteiger partial charge in [-0.25, -0.2) is 4.39 Å². The molecule has 2 aromatic rings. The van der Waals surface area contributed by atoms with Gasteiger partial charge in [-0.05, 0) is 44.2 Å². The second kappa shape index (κ2) is 6.14. The van der Waals surface area contributed by atoms with E-state index in [2.05, 4.69) is 10.1 Å². The molecule has 0 amide bonds.